The van der Waals surface area contributed by atoms with Gasteiger partial charge in [-0.05, 0) is 31.9 Å². The van der Waals surface area contributed by atoms with Crippen molar-refractivity contribution in [1.82, 2.24) is 0 Å². The maximum atomic E-state index is 10.7. The minimum absolute atomic E-state index is 0.0947. The summed E-state index contributed by atoms with van der Waals surface area (Å²) in [7, 11) is 0. The fourth-order valence-electron chi connectivity index (χ4n) is 1.74. The van der Waals surface area contributed by atoms with Crippen molar-refractivity contribution < 1.29 is 14.6 Å². The fraction of sp³-hybridized carbons (Fsp3) is 0.462. The smallest absolute Gasteiger partial charge is 0.305 e. The van der Waals surface area contributed by atoms with E-state index in [2.05, 4.69) is 0 Å². The Balaban J connectivity index is 3.13. The summed E-state index contributed by atoms with van der Waals surface area (Å²) in [6.07, 6.45) is -0.0947. The minimum Gasteiger partial charge on any atom is -0.493 e. The van der Waals surface area contributed by atoms with Gasteiger partial charge in [0.2, 0.25) is 0 Å². The molecule has 1 aromatic rings. The third-order valence-corrected chi connectivity index (χ3v) is 2.79. The van der Waals surface area contributed by atoms with Crippen LogP contribution in [-0.2, 0) is 4.79 Å². The number of nitrogens with two attached hydrogens (primary N) is 1. The standard InChI is InChI=1S/C13H19NO3/c1-4-17-13-9(3)8(2)5-6-10(13)11(14)7-12(15)16/h5-6,11H,4,7,14H2,1-3H3,(H,15,16). The van der Waals surface area contributed by atoms with Crippen LogP contribution in [0.25, 0.3) is 0 Å². The Labute approximate surface area is 101 Å². The van der Waals surface area contributed by atoms with Gasteiger partial charge >= 0.3 is 5.97 Å². The highest BCUT2D eigenvalue weighted by molar-refractivity contribution is 5.68. The zero-order valence-corrected chi connectivity index (χ0v) is 10.5. The Hall–Kier alpha value is -1.55. The number of carbonyl (C=O) groups is 1. The van der Waals surface area contributed by atoms with Crippen LogP contribution < -0.4 is 10.5 Å². The molecule has 1 unspecified atom stereocenters. The van der Waals surface area contributed by atoms with Gasteiger partial charge in [-0.15, -0.1) is 0 Å². The van der Waals surface area contributed by atoms with Gasteiger partial charge in [0.15, 0.2) is 0 Å². The lowest BCUT2D eigenvalue weighted by Crippen LogP contribution is -2.17. The molecule has 0 heterocycles. The number of carboxylic acids is 1. The highest BCUT2D eigenvalue weighted by Gasteiger charge is 2.17. The van der Waals surface area contributed by atoms with Crippen LogP contribution in [0.1, 0.15) is 36.1 Å². The molecule has 0 aliphatic rings. The number of benzene rings is 1. The molecule has 3 N–H and O–H groups in total. The van der Waals surface area contributed by atoms with E-state index in [-0.39, 0.29) is 6.42 Å². The lowest BCUT2D eigenvalue weighted by Gasteiger charge is -2.18. The van der Waals surface area contributed by atoms with E-state index in [0.29, 0.717) is 6.61 Å². The molecule has 0 bridgehead atoms. The molecular formula is C13H19NO3. The van der Waals surface area contributed by atoms with Crippen LogP contribution in [0.4, 0.5) is 0 Å². The van der Waals surface area contributed by atoms with Gasteiger partial charge in [0.05, 0.1) is 13.0 Å². The molecule has 4 nitrogen and oxygen atoms in total. The molecule has 1 rings (SSSR count). The van der Waals surface area contributed by atoms with Crippen LogP contribution in [0.5, 0.6) is 5.75 Å². The van der Waals surface area contributed by atoms with Crippen molar-refractivity contribution in [3.05, 3.63) is 28.8 Å². The van der Waals surface area contributed by atoms with Crippen molar-refractivity contribution in [2.24, 2.45) is 5.73 Å². The lowest BCUT2D eigenvalue weighted by molar-refractivity contribution is -0.137. The van der Waals surface area contributed by atoms with Crippen molar-refractivity contribution >= 4 is 5.97 Å². The number of rotatable bonds is 5. The monoisotopic (exact) mass is 237 g/mol. The first kappa shape index (κ1) is 13.5. The van der Waals surface area contributed by atoms with Crippen LogP contribution in [0, 0.1) is 13.8 Å². The summed E-state index contributed by atoms with van der Waals surface area (Å²) in [4.78, 5) is 10.7. The van der Waals surface area contributed by atoms with Gasteiger partial charge in [0.25, 0.3) is 0 Å². The molecule has 0 aromatic heterocycles. The number of hydrogen-bond donors (Lipinski definition) is 2. The van der Waals surface area contributed by atoms with Crippen molar-refractivity contribution in [2.75, 3.05) is 6.61 Å². The maximum Gasteiger partial charge on any atom is 0.305 e. The van der Waals surface area contributed by atoms with E-state index in [0.717, 1.165) is 22.4 Å². The Kier molecular flexibility index (Phi) is 4.52. The zero-order valence-electron chi connectivity index (χ0n) is 10.5. The molecule has 4 heteroatoms. The van der Waals surface area contributed by atoms with Crippen molar-refractivity contribution in [1.29, 1.82) is 0 Å². The molecule has 0 spiro atoms. The number of aliphatic carboxylic acids is 1. The highest BCUT2D eigenvalue weighted by Crippen LogP contribution is 2.31. The maximum absolute atomic E-state index is 10.7. The zero-order chi connectivity index (χ0) is 13.0. The van der Waals surface area contributed by atoms with Gasteiger partial charge in [-0.2, -0.15) is 0 Å². The first-order chi connectivity index (χ1) is 7.97. The van der Waals surface area contributed by atoms with E-state index in [1.165, 1.54) is 0 Å². The second kappa shape index (κ2) is 5.68. The van der Waals surface area contributed by atoms with Crippen LogP contribution in [-0.4, -0.2) is 17.7 Å². The normalized spacial score (nSPS) is 12.2. The number of hydrogen-bond acceptors (Lipinski definition) is 3. The van der Waals surface area contributed by atoms with Crippen LogP contribution >= 0.6 is 0 Å². The molecule has 1 atom stereocenters. The van der Waals surface area contributed by atoms with Gasteiger partial charge in [-0.3, -0.25) is 4.79 Å². The summed E-state index contributed by atoms with van der Waals surface area (Å²) >= 11 is 0. The molecule has 0 amide bonds. The largest absolute Gasteiger partial charge is 0.493 e. The summed E-state index contributed by atoms with van der Waals surface area (Å²) in [5.74, 6) is -0.181. The van der Waals surface area contributed by atoms with Crippen LogP contribution in [0.15, 0.2) is 12.1 Å². The Morgan fingerprint density at radius 1 is 1.47 bits per heavy atom. The fourth-order valence-corrected chi connectivity index (χ4v) is 1.74. The summed E-state index contributed by atoms with van der Waals surface area (Å²) in [6.45, 7) is 6.38. The highest BCUT2D eigenvalue weighted by atomic mass is 16.5. The lowest BCUT2D eigenvalue weighted by atomic mass is 9.98. The van der Waals surface area contributed by atoms with E-state index >= 15 is 0 Å². The van der Waals surface area contributed by atoms with E-state index in [4.69, 9.17) is 15.6 Å². The summed E-state index contributed by atoms with van der Waals surface area (Å²) in [5, 5.41) is 8.77. The van der Waals surface area contributed by atoms with Gasteiger partial charge in [-0.1, -0.05) is 12.1 Å². The Morgan fingerprint density at radius 3 is 2.65 bits per heavy atom. The molecule has 1 aromatic carbocycles. The third kappa shape index (κ3) is 3.20. The van der Waals surface area contributed by atoms with E-state index in [1.807, 2.05) is 32.9 Å². The topological polar surface area (TPSA) is 72.5 Å². The molecule has 0 saturated heterocycles. The number of aryl methyl sites for hydroxylation is 1. The van der Waals surface area contributed by atoms with Crippen molar-refractivity contribution in [2.45, 2.75) is 33.2 Å². The molecule has 0 saturated carbocycles. The molecule has 17 heavy (non-hydrogen) atoms. The van der Waals surface area contributed by atoms with E-state index in [1.54, 1.807) is 0 Å². The first-order valence-corrected chi connectivity index (χ1v) is 5.67. The minimum atomic E-state index is -0.904. The van der Waals surface area contributed by atoms with Gasteiger partial charge in [0.1, 0.15) is 5.75 Å². The van der Waals surface area contributed by atoms with Gasteiger partial charge in [-0.25, -0.2) is 0 Å². The van der Waals surface area contributed by atoms with Gasteiger partial charge in [0, 0.05) is 11.6 Å². The summed E-state index contributed by atoms with van der Waals surface area (Å²) in [5.41, 5.74) is 8.78. The van der Waals surface area contributed by atoms with Crippen molar-refractivity contribution in [3.8, 4) is 5.75 Å². The number of carboxylic acid groups (broad SMARTS) is 1. The molecule has 0 radical (unpaired) electrons. The van der Waals surface area contributed by atoms with E-state index in [9.17, 15) is 4.79 Å². The predicted octanol–water partition coefficient (Wildman–Crippen LogP) is 2.18. The average molecular weight is 237 g/mol. The summed E-state index contributed by atoms with van der Waals surface area (Å²) < 4.78 is 5.58. The van der Waals surface area contributed by atoms with E-state index < -0.39 is 12.0 Å². The second-order valence-electron chi connectivity index (χ2n) is 4.06. The molecule has 0 aliphatic heterocycles. The second-order valence-corrected chi connectivity index (χ2v) is 4.06. The molecule has 0 fully saturated rings. The first-order valence-electron chi connectivity index (χ1n) is 5.67. The Bertz CT molecular complexity index is 415. The average Bonchev–Trinajstić information content (AvgIpc) is 2.24. The molecule has 0 aliphatic carbocycles. The van der Waals surface area contributed by atoms with Gasteiger partial charge < -0.3 is 15.6 Å². The van der Waals surface area contributed by atoms with Crippen LogP contribution in [0.3, 0.4) is 0 Å². The van der Waals surface area contributed by atoms with Crippen molar-refractivity contribution in [3.63, 3.8) is 0 Å². The third-order valence-electron chi connectivity index (χ3n) is 2.79. The van der Waals surface area contributed by atoms with Crippen LogP contribution in [0.2, 0.25) is 0 Å². The molecular weight excluding hydrogens is 218 g/mol. The predicted molar refractivity (Wildman–Crippen MR) is 66.3 cm³/mol. The summed E-state index contributed by atoms with van der Waals surface area (Å²) in [6, 6.07) is 3.25. The quantitative estimate of drug-likeness (QED) is 0.823. The Morgan fingerprint density at radius 2 is 2.12 bits per heavy atom. The molecule has 94 valence electrons. The number of ether oxygens (including phenoxy) is 1. The SMILES string of the molecule is CCOc1c(C(N)CC(=O)O)ccc(C)c1C.